The van der Waals surface area contributed by atoms with Crippen LogP contribution in [0.1, 0.15) is 19.3 Å². The van der Waals surface area contributed by atoms with Crippen LogP contribution in [0.4, 0.5) is 5.69 Å². The van der Waals surface area contributed by atoms with E-state index in [1.807, 2.05) is 0 Å². The number of nitrogens with one attached hydrogen (secondary N) is 1. The van der Waals surface area contributed by atoms with Crippen molar-refractivity contribution in [2.45, 2.75) is 19.3 Å². The monoisotopic (exact) mass is 366 g/mol. The number of benzene rings is 2. The molecule has 0 saturated carbocycles. The summed E-state index contributed by atoms with van der Waals surface area (Å²) in [7, 11) is 0. The van der Waals surface area contributed by atoms with Crippen LogP contribution in [0.25, 0.3) is 0 Å². The molecule has 2 aromatic carbocycles. The SMILES string of the molecule is O=C([O-])CCCC(=O)Nc1ccc(Oc2ccc(Cl)cc2Cl)cc1. The van der Waals surface area contributed by atoms with Gasteiger partial charge in [-0.2, -0.15) is 0 Å². The minimum atomic E-state index is -1.16. The van der Waals surface area contributed by atoms with Crippen molar-refractivity contribution in [3.8, 4) is 11.5 Å². The predicted octanol–water partition coefficient (Wildman–Crippen LogP) is 3.64. The van der Waals surface area contributed by atoms with E-state index in [1.54, 1.807) is 42.5 Å². The van der Waals surface area contributed by atoms with Crippen LogP contribution in [0.3, 0.4) is 0 Å². The molecule has 5 nitrogen and oxygen atoms in total. The van der Waals surface area contributed by atoms with Crippen LogP contribution in [0, 0.1) is 0 Å². The first-order valence-electron chi connectivity index (χ1n) is 7.17. The first-order chi connectivity index (χ1) is 11.4. The average molecular weight is 367 g/mol. The first-order valence-corrected chi connectivity index (χ1v) is 7.92. The van der Waals surface area contributed by atoms with Crippen LogP contribution in [-0.2, 0) is 9.59 Å². The fourth-order valence-electron chi connectivity index (χ4n) is 1.91. The number of aliphatic carboxylic acids is 1. The van der Waals surface area contributed by atoms with E-state index < -0.39 is 5.97 Å². The zero-order chi connectivity index (χ0) is 17.5. The van der Waals surface area contributed by atoms with E-state index in [9.17, 15) is 14.7 Å². The second kappa shape index (κ2) is 8.57. The smallest absolute Gasteiger partial charge is 0.224 e. The van der Waals surface area contributed by atoms with Crippen molar-refractivity contribution in [1.29, 1.82) is 0 Å². The summed E-state index contributed by atoms with van der Waals surface area (Å²) in [6.45, 7) is 0. The Hall–Kier alpha value is -2.24. The van der Waals surface area contributed by atoms with Gasteiger partial charge in [-0.05, 0) is 55.3 Å². The Labute approximate surface area is 149 Å². The van der Waals surface area contributed by atoms with Gasteiger partial charge in [0.2, 0.25) is 5.91 Å². The minimum Gasteiger partial charge on any atom is -0.550 e. The molecule has 0 spiro atoms. The summed E-state index contributed by atoms with van der Waals surface area (Å²) in [4.78, 5) is 22.0. The molecule has 0 heterocycles. The van der Waals surface area contributed by atoms with E-state index >= 15 is 0 Å². The Kier molecular flexibility index (Phi) is 6.46. The van der Waals surface area contributed by atoms with Gasteiger partial charge in [-0.25, -0.2) is 0 Å². The number of carbonyl (C=O) groups excluding carboxylic acids is 2. The number of hydrogen-bond donors (Lipinski definition) is 1. The fraction of sp³-hybridized carbons (Fsp3) is 0.176. The quantitative estimate of drug-likeness (QED) is 0.810. The molecule has 2 rings (SSSR count). The molecule has 0 aliphatic heterocycles. The second-order valence-corrected chi connectivity index (χ2v) is 5.82. The van der Waals surface area contributed by atoms with Gasteiger partial charge in [-0.1, -0.05) is 23.2 Å². The number of carboxylic acids is 1. The molecule has 0 fully saturated rings. The van der Waals surface area contributed by atoms with Gasteiger partial charge >= 0.3 is 0 Å². The molecule has 0 aliphatic carbocycles. The third-order valence-electron chi connectivity index (χ3n) is 3.04. The zero-order valence-electron chi connectivity index (χ0n) is 12.6. The molecule has 7 heteroatoms. The summed E-state index contributed by atoms with van der Waals surface area (Å²) >= 11 is 11.9. The van der Waals surface area contributed by atoms with E-state index in [1.165, 1.54) is 0 Å². The van der Waals surface area contributed by atoms with E-state index in [2.05, 4.69) is 5.32 Å². The standard InChI is InChI=1S/C17H15Cl2NO4/c18-11-4-9-15(14(19)10-11)24-13-7-5-12(6-8-13)20-16(21)2-1-3-17(22)23/h4-10H,1-3H2,(H,20,21)(H,22,23)/p-1. The van der Waals surface area contributed by atoms with Crippen LogP contribution in [-0.4, -0.2) is 11.9 Å². The Morgan fingerprint density at radius 1 is 1.04 bits per heavy atom. The molecule has 0 saturated heterocycles. The molecule has 0 aromatic heterocycles. The van der Waals surface area contributed by atoms with Crippen LogP contribution < -0.4 is 15.2 Å². The molecule has 1 N–H and O–H groups in total. The summed E-state index contributed by atoms with van der Waals surface area (Å²) in [5, 5.41) is 13.9. The molecule has 0 atom stereocenters. The third-order valence-corrected chi connectivity index (χ3v) is 3.58. The molecule has 24 heavy (non-hydrogen) atoms. The fourth-order valence-corrected chi connectivity index (χ4v) is 2.36. The molecule has 0 aliphatic rings. The number of ether oxygens (including phenoxy) is 1. The van der Waals surface area contributed by atoms with Crippen molar-refractivity contribution in [2.75, 3.05) is 5.32 Å². The van der Waals surface area contributed by atoms with Gasteiger partial charge in [-0.15, -0.1) is 0 Å². The lowest BCUT2D eigenvalue weighted by atomic mass is 10.2. The maximum absolute atomic E-state index is 11.7. The predicted molar refractivity (Wildman–Crippen MR) is 90.5 cm³/mol. The summed E-state index contributed by atoms with van der Waals surface area (Å²) < 4.78 is 5.64. The lowest BCUT2D eigenvalue weighted by Gasteiger charge is -2.09. The van der Waals surface area contributed by atoms with Crippen molar-refractivity contribution in [3.63, 3.8) is 0 Å². The normalized spacial score (nSPS) is 10.2. The van der Waals surface area contributed by atoms with Gasteiger partial charge in [0, 0.05) is 23.1 Å². The summed E-state index contributed by atoms with van der Waals surface area (Å²) in [5.41, 5.74) is 0.586. The van der Waals surface area contributed by atoms with Crippen LogP contribution in [0.15, 0.2) is 42.5 Å². The third kappa shape index (κ3) is 5.76. The van der Waals surface area contributed by atoms with E-state index in [4.69, 9.17) is 27.9 Å². The lowest BCUT2D eigenvalue weighted by Crippen LogP contribution is -2.22. The van der Waals surface area contributed by atoms with E-state index in [-0.39, 0.29) is 25.2 Å². The largest absolute Gasteiger partial charge is 0.550 e. The van der Waals surface area contributed by atoms with E-state index in [0.717, 1.165) is 0 Å². The Balaban J connectivity index is 1.90. The highest BCUT2D eigenvalue weighted by atomic mass is 35.5. The van der Waals surface area contributed by atoms with Gasteiger partial charge in [0.1, 0.15) is 11.5 Å². The van der Waals surface area contributed by atoms with Crippen LogP contribution in [0.2, 0.25) is 10.0 Å². The Morgan fingerprint density at radius 3 is 2.38 bits per heavy atom. The molecular weight excluding hydrogens is 353 g/mol. The van der Waals surface area contributed by atoms with Crippen molar-refractivity contribution in [2.24, 2.45) is 0 Å². The molecule has 1 amide bonds. The number of halogens is 2. The van der Waals surface area contributed by atoms with Gasteiger partial charge in [-0.3, -0.25) is 4.79 Å². The Morgan fingerprint density at radius 2 is 1.75 bits per heavy atom. The summed E-state index contributed by atoms with van der Waals surface area (Å²) in [6, 6.07) is 11.6. The number of amides is 1. The lowest BCUT2D eigenvalue weighted by molar-refractivity contribution is -0.305. The van der Waals surface area contributed by atoms with Crippen molar-refractivity contribution < 1.29 is 19.4 Å². The first kappa shape index (κ1) is 18.1. The maximum Gasteiger partial charge on any atom is 0.224 e. The average Bonchev–Trinajstić information content (AvgIpc) is 2.51. The number of rotatable bonds is 7. The van der Waals surface area contributed by atoms with E-state index in [0.29, 0.717) is 27.2 Å². The summed E-state index contributed by atoms with van der Waals surface area (Å²) in [6.07, 6.45) is 0.221. The molecule has 126 valence electrons. The number of carbonyl (C=O) groups is 2. The molecule has 0 bridgehead atoms. The molecule has 0 unspecified atom stereocenters. The second-order valence-electron chi connectivity index (χ2n) is 4.97. The van der Waals surface area contributed by atoms with Crippen LogP contribution >= 0.6 is 23.2 Å². The highest BCUT2D eigenvalue weighted by Crippen LogP contribution is 2.31. The topological polar surface area (TPSA) is 78.5 Å². The van der Waals surface area contributed by atoms with Gasteiger partial charge in [0.25, 0.3) is 0 Å². The number of anilines is 1. The van der Waals surface area contributed by atoms with Crippen molar-refractivity contribution in [1.82, 2.24) is 0 Å². The molecule has 2 aromatic rings. The number of hydrogen-bond acceptors (Lipinski definition) is 4. The van der Waals surface area contributed by atoms with Crippen LogP contribution in [0.5, 0.6) is 11.5 Å². The Bertz CT molecular complexity index is 732. The molecular formula is C17H14Cl2NO4-. The highest BCUT2D eigenvalue weighted by Gasteiger charge is 2.06. The summed E-state index contributed by atoms with van der Waals surface area (Å²) in [5.74, 6) is -0.398. The van der Waals surface area contributed by atoms with Crippen molar-refractivity contribution >= 4 is 40.8 Å². The van der Waals surface area contributed by atoms with Gasteiger partial charge < -0.3 is 20.0 Å². The van der Waals surface area contributed by atoms with Gasteiger partial charge in [0.15, 0.2) is 0 Å². The molecule has 0 radical (unpaired) electrons. The number of carboxylic acid groups (broad SMARTS) is 1. The highest BCUT2D eigenvalue weighted by molar-refractivity contribution is 6.35. The minimum absolute atomic E-state index is 0.118. The zero-order valence-corrected chi connectivity index (χ0v) is 14.1. The van der Waals surface area contributed by atoms with Gasteiger partial charge in [0.05, 0.1) is 5.02 Å². The maximum atomic E-state index is 11.7. The van der Waals surface area contributed by atoms with Crippen molar-refractivity contribution in [3.05, 3.63) is 52.5 Å².